The molecule has 9 nitrogen and oxygen atoms in total. The number of benzene rings is 6. The molecule has 0 radical (unpaired) electrons. The van der Waals surface area contributed by atoms with E-state index in [0.29, 0.717) is 52.7 Å². The number of hydrogen-bond donors (Lipinski definition) is 9. The minimum Gasteiger partial charge on any atom is -1.00 e. The summed E-state index contributed by atoms with van der Waals surface area (Å²) in [4.78, 5) is 0. The fourth-order valence-corrected chi connectivity index (χ4v) is 7.06. The number of aromatic hydroxyl groups is 4. The fourth-order valence-electron chi connectivity index (χ4n) is 6.77. The number of halogens is 8. The number of rotatable bonds is 10. The summed E-state index contributed by atoms with van der Waals surface area (Å²) >= 11 is 5.83. The Kier molecular flexibility index (Phi) is 37.6. The molecule has 0 aliphatic carbocycles. The molecule has 5 atom stereocenters. The van der Waals surface area contributed by atoms with Gasteiger partial charge >= 0.3 is 0 Å². The van der Waals surface area contributed by atoms with Crippen molar-refractivity contribution < 1.29 is 120 Å². The third-order valence-corrected chi connectivity index (χ3v) is 9.83. The second-order valence-electron chi connectivity index (χ2n) is 17.7. The summed E-state index contributed by atoms with van der Waals surface area (Å²) in [6.45, 7) is 16.1. The van der Waals surface area contributed by atoms with Crippen LogP contribution in [0.15, 0.2) is 103 Å². The van der Waals surface area contributed by atoms with E-state index in [1.54, 1.807) is 24.3 Å². The first-order chi connectivity index (χ1) is 29.9. The molecule has 0 spiro atoms. The Hall–Kier alpha value is -3.82. The topological polar surface area (TPSA) is 219 Å². The van der Waals surface area contributed by atoms with Crippen LogP contribution in [0.1, 0.15) is 79.1 Å². The van der Waals surface area contributed by atoms with Gasteiger partial charge in [0, 0.05) is 32.1 Å². The van der Waals surface area contributed by atoms with Gasteiger partial charge in [0.25, 0.3) is 0 Å². The summed E-state index contributed by atoms with van der Waals surface area (Å²) in [5.74, 6) is -1.88. The van der Waals surface area contributed by atoms with Crippen LogP contribution in [-0.2, 0) is 32.1 Å². The Balaban J connectivity index is -0.000000377. The lowest BCUT2D eigenvalue weighted by Gasteiger charge is -2.07. The van der Waals surface area contributed by atoms with E-state index in [0.717, 1.165) is 59.9 Å². The largest absolute Gasteiger partial charge is 1.00 e. The molecule has 0 saturated heterocycles. The van der Waals surface area contributed by atoms with Gasteiger partial charge in [-0.2, -0.15) is 0 Å². The zero-order chi connectivity index (χ0) is 48.3. The van der Waals surface area contributed by atoms with Crippen LogP contribution in [0, 0.1) is 32.4 Å². The first kappa shape index (κ1) is 71.7. The SMILES string of the molecule is CC([NH3+])Cc1cc(F)c(O)c(F)c1.CC([NH3+])Cc1ccc2cc(O)ccc2c1.Cc1cc(CC(C)[NH3+])cc(Cl)c1O.Cc1cc(CC(C)[NH3+])ccc1O.Cc1cccc(CC(C)[NH3+])c1.[Cl-].[Cl-].[Cl-].[Cl-].[Cl-]. The van der Waals surface area contributed by atoms with Gasteiger partial charge in [-0.1, -0.05) is 83.9 Å². The van der Waals surface area contributed by atoms with E-state index in [2.05, 4.69) is 99.7 Å². The average Bonchev–Trinajstić information content (AvgIpc) is 3.17. The van der Waals surface area contributed by atoms with Gasteiger partial charge in [0.15, 0.2) is 17.4 Å². The van der Waals surface area contributed by atoms with Gasteiger partial charge in [-0.25, -0.2) is 8.78 Å². The molecule has 388 valence electrons. The van der Waals surface area contributed by atoms with E-state index in [1.165, 1.54) is 27.6 Å². The predicted molar refractivity (Wildman–Crippen MR) is 256 cm³/mol. The van der Waals surface area contributed by atoms with Crippen molar-refractivity contribution >= 4 is 22.4 Å². The first-order valence-corrected chi connectivity index (χ1v) is 22.2. The van der Waals surface area contributed by atoms with Gasteiger partial charge in [-0.15, -0.1) is 0 Å². The minimum atomic E-state index is -0.921. The Morgan fingerprint density at radius 3 is 1.28 bits per heavy atom. The van der Waals surface area contributed by atoms with E-state index in [1.807, 2.05) is 51.1 Å². The molecule has 19 N–H and O–H groups in total. The highest BCUT2D eigenvalue weighted by atomic mass is 35.5. The molecular formula is C52H75Cl6F2N5O4. The molecule has 5 unspecified atom stereocenters. The molecule has 0 bridgehead atoms. The van der Waals surface area contributed by atoms with Gasteiger partial charge in [0.1, 0.15) is 17.2 Å². The minimum absolute atomic E-state index is 0. The summed E-state index contributed by atoms with van der Waals surface area (Å²) in [6.07, 6.45) is 4.44. The molecule has 0 heterocycles. The quantitative estimate of drug-likeness (QED) is 0.0654. The number of aryl methyl sites for hydroxylation is 3. The molecule has 0 saturated carbocycles. The summed E-state index contributed by atoms with van der Waals surface area (Å²) in [5, 5.41) is 39.5. The maximum absolute atomic E-state index is 12.8. The van der Waals surface area contributed by atoms with Crippen molar-refractivity contribution in [2.45, 2.75) is 118 Å². The lowest BCUT2D eigenvalue weighted by molar-refractivity contribution is -0.413. The number of phenolic OH excluding ortho intramolecular Hbond substituents is 4. The van der Waals surface area contributed by atoms with Crippen LogP contribution in [0.25, 0.3) is 10.8 Å². The van der Waals surface area contributed by atoms with Crippen molar-refractivity contribution in [3.05, 3.63) is 164 Å². The Morgan fingerprint density at radius 2 is 0.826 bits per heavy atom. The van der Waals surface area contributed by atoms with Crippen LogP contribution >= 0.6 is 11.6 Å². The second-order valence-corrected chi connectivity index (χ2v) is 18.1. The molecule has 0 aromatic heterocycles. The molecule has 0 amide bonds. The fraction of sp³-hybridized carbons (Fsp3) is 0.346. The lowest BCUT2D eigenvalue weighted by Crippen LogP contribution is -3.00. The summed E-state index contributed by atoms with van der Waals surface area (Å²) < 4.78 is 25.6. The van der Waals surface area contributed by atoms with Gasteiger partial charge < -0.3 is 111 Å². The van der Waals surface area contributed by atoms with E-state index in [4.69, 9.17) is 16.7 Å². The zero-order valence-electron chi connectivity index (χ0n) is 41.1. The maximum atomic E-state index is 12.8. The van der Waals surface area contributed by atoms with Crippen LogP contribution in [0.2, 0.25) is 5.02 Å². The maximum Gasteiger partial charge on any atom is 0.187 e. The molecule has 69 heavy (non-hydrogen) atoms. The van der Waals surface area contributed by atoms with Crippen molar-refractivity contribution in [2.75, 3.05) is 0 Å². The predicted octanol–water partition coefficient (Wildman–Crippen LogP) is -8.85. The van der Waals surface area contributed by atoms with Gasteiger partial charge in [-0.3, -0.25) is 0 Å². The standard InChI is InChI=1S/C13H15NO.C10H14ClNO.C10H15NO.C10H15N.C9H11F2NO.5ClH/c1-9(14)6-10-2-3-12-8-13(15)5-4-11(12)7-10;1-6-3-8(4-7(2)12)5-9(11)10(6)13;1-7-5-9(6-8(2)11)3-4-10(7)12;1-8-4-3-5-10(6-8)7-9(2)11;1-5(12)2-6-3-7(10)9(13)8(11)4-6;;;;;/h2-5,7-9,15H,6,14H2,1H3;3,5,7,13H,4,12H2,1-2H3;3-5,8,12H,6,11H2,1-2H3;3-6,9H,7,11H2,1-2H3;3-5,13H,2,12H2,1H3;5*1H. The van der Waals surface area contributed by atoms with Gasteiger partial charge in [0.05, 0.1) is 35.2 Å². The summed E-state index contributed by atoms with van der Waals surface area (Å²) in [5.41, 5.74) is 28.2. The Labute approximate surface area is 444 Å². The number of phenols is 4. The van der Waals surface area contributed by atoms with Crippen LogP contribution in [0.5, 0.6) is 23.0 Å². The Morgan fingerprint density at radius 1 is 0.435 bits per heavy atom. The number of fused-ring (bicyclic) bond motifs is 1. The number of quaternary nitrogens is 5. The molecule has 6 aromatic rings. The van der Waals surface area contributed by atoms with E-state index in [9.17, 15) is 24.1 Å². The van der Waals surface area contributed by atoms with Crippen molar-refractivity contribution in [3.63, 3.8) is 0 Å². The van der Waals surface area contributed by atoms with Crippen LogP contribution < -0.4 is 90.7 Å². The normalized spacial score (nSPS) is 12.0. The third kappa shape index (κ3) is 28.6. The molecule has 6 rings (SSSR count). The van der Waals surface area contributed by atoms with E-state index in [-0.39, 0.29) is 73.8 Å². The van der Waals surface area contributed by atoms with Gasteiger partial charge in [-0.05, 0) is 142 Å². The average molecular weight is 1080 g/mol. The highest BCUT2D eigenvalue weighted by molar-refractivity contribution is 6.32. The highest BCUT2D eigenvalue weighted by Crippen LogP contribution is 2.29. The van der Waals surface area contributed by atoms with Crippen molar-refractivity contribution in [1.82, 2.24) is 0 Å². The molecule has 0 aliphatic heterocycles. The third-order valence-electron chi connectivity index (χ3n) is 9.54. The molecule has 17 heteroatoms. The first-order valence-electron chi connectivity index (χ1n) is 21.8. The highest BCUT2D eigenvalue weighted by Gasteiger charge is 2.11. The van der Waals surface area contributed by atoms with Crippen molar-refractivity contribution in [2.24, 2.45) is 0 Å². The Bertz CT molecular complexity index is 2270. The molecular weight excluding hydrogens is 1010 g/mol. The van der Waals surface area contributed by atoms with Crippen molar-refractivity contribution in [1.29, 1.82) is 0 Å². The number of hydrogen-bond acceptors (Lipinski definition) is 4. The monoisotopic (exact) mass is 1080 g/mol. The molecule has 6 aromatic carbocycles. The van der Waals surface area contributed by atoms with E-state index >= 15 is 0 Å². The molecule has 0 fully saturated rings. The smallest absolute Gasteiger partial charge is 0.187 e. The lowest BCUT2D eigenvalue weighted by atomic mass is 10.0. The second kappa shape index (κ2) is 36.2. The molecule has 0 aliphatic rings. The van der Waals surface area contributed by atoms with Crippen LogP contribution in [0.4, 0.5) is 8.78 Å². The van der Waals surface area contributed by atoms with Crippen molar-refractivity contribution in [3.8, 4) is 23.0 Å². The van der Waals surface area contributed by atoms with Crippen LogP contribution in [-0.4, -0.2) is 50.6 Å². The summed E-state index contributed by atoms with van der Waals surface area (Å²) in [7, 11) is 0. The van der Waals surface area contributed by atoms with Crippen LogP contribution in [0.3, 0.4) is 0 Å². The zero-order valence-corrected chi connectivity index (χ0v) is 45.6. The van der Waals surface area contributed by atoms with E-state index < -0.39 is 17.4 Å². The summed E-state index contributed by atoms with van der Waals surface area (Å²) in [6, 6.07) is 33.9. The van der Waals surface area contributed by atoms with Gasteiger partial charge in [0.2, 0.25) is 0 Å².